The Kier molecular flexibility index (Phi) is 5.96. The highest BCUT2D eigenvalue weighted by Gasteiger charge is 2.26. The molecule has 0 amide bonds. The van der Waals surface area contributed by atoms with Crippen molar-refractivity contribution in [2.24, 2.45) is 0 Å². The summed E-state index contributed by atoms with van der Waals surface area (Å²) in [6.45, 7) is 1.87. The molecule has 4 rings (SSSR count). The normalized spacial score (nSPS) is 10.3. The minimum absolute atomic E-state index is 0.0402. The Balaban J connectivity index is 2.01. The van der Waals surface area contributed by atoms with Crippen molar-refractivity contribution in [3.63, 3.8) is 0 Å². The second kappa shape index (κ2) is 9.16. The molecule has 0 fully saturated rings. The van der Waals surface area contributed by atoms with Crippen LogP contribution in [0.4, 0.5) is 5.69 Å². The van der Waals surface area contributed by atoms with Gasteiger partial charge in [0.05, 0.1) is 10.3 Å². The first-order valence-corrected chi connectivity index (χ1v) is 9.89. The van der Waals surface area contributed by atoms with Crippen molar-refractivity contribution in [1.82, 2.24) is 9.97 Å². The highest BCUT2D eigenvalue weighted by atomic mass is 16.6. The molecule has 4 aromatic rings. The van der Waals surface area contributed by atoms with Gasteiger partial charge in [-0.2, -0.15) is 0 Å². The van der Waals surface area contributed by atoms with E-state index in [-0.39, 0.29) is 29.1 Å². The van der Waals surface area contributed by atoms with Crippen LogP contribution in [0, 0.1) is 28.9 Å². The fourth-order valence-corrected chi connectivity index (χ4v) is 3.34. The summed E-state index contributed by atoms with van der Waals surface area (Å²) in [5.74, 6) is 4.51. The summed E-state index contributed by atoms with van der Waals surface area (Å²) in [5.41, 5.74) is 1.30. The van der Waals surface area contributed by atoms with E-state index in [1.807, 2.05) is 30.3 Å². The van der Waals surface area contributed by atoms with Crippen LogP contribution in [0.15, 0.2) is 67.0 Å². The number of carbonyl (C=O) groups is 1. The van der Waals surface area contributed by atoms with Gasteiger partial charge in [-0.15, -0.1) is 0 Å². The number of pyridine rings is 2. The number of aromatic nitrogens is 2. The van der Waals surface area contributed by atoms with Gasteiger partial charge in [0.25, 0.3) is 5.69 Å². The fraction of sp³-hybridized carbons (Fsp3) is 0.0800. The second-order valence-electron chi connectivity index (χ2n) is 7.12. The van der Waals surface area contributed by atoms with Gasteiger partial charge in [-0.3, -0.25) is 15.1 Å². The fourth-order valence-electron chi connectivity index (χ4n) is 3.34. The number of nitro groups is 1. The van der Waals surface area contributed by atoms with Gasteiger partial charge in [0.2, 0.25) is 0 Å². The first-order valence-electron chi connectivity index (χ1n) is 9.89. The molecule has 0 saturated heterocycles. The van der Waals surface area contributed by atoms with Crippen molar-refractivity contribution in [1.29, 1.82) is 0 Å². The topological polar surface area (TPSA) is 115 Å². The molecular formula is C25H17N3O5. The van der Waals surface area contributed by atoms with E-state index < -0.39 is 16.6 Å². The Bertz CT molecular complexity index is 1430. The van der Waals surface area contributed by atoms with Crippen molar-refractivity contribution >= 4 is 22.6 Å². The van der Waals surface area contributed by atoms with Gasteiger partial charge in [0.1, 0.15) is 17.9 Å². The monoisotopic (exact) mass is 439 g/mol. The Morgan fingerprint density at radius 2 is 1.91 bits per heavy atom. The van der Waals surface area contributed by atoms with Gasteiger partial charge >= 0.3 is 5.97 Å². The first kappa shape index (κ1) is 21.5. The zero-order chi connectivity index (χ0) is 23.4. The van der Waals surface area contributed by atoms with E-state index in [9.17, 15) is 20.0 Å². The third kappa shape index (κ3) is 4.48. The molecule has 2 aromatic heterocycles. The number of rotatable bonds is 5. The number of nitro benzene ring substituents is 1. The molecular weight excluding hydrogens is 422 g/mol. The van der Waals surface area contributed by atoms with E-state index >= 15 is 0 Å². The molecule has 0 atom stereocenters. The summed E-state index contributed by atoms with van der Waals surface area (Å²) < 4.78 is 6.09. The number of aromatic carboxylic acids is 1. The maximum Gasteiger partial charge on any atom is 0.355 e. The highest BCUT2D eigenvalue weighted by Crippen LogP contribution is 2.37. The van der Waals surface area contributed by atoms with E-state index in [2.05, 4.69) is 21.8 Å². The lowest BCUT2D eigenvalue weighted by molar-refractivity contribution is -0.383. The Morgan fingerprint density at radius 1 is 1.12 bits per heavy atom. The summed E-state index contributed by atoms with van der Waals surface area (Å²) in [7, 11) is 0. The van der Waals surface area contributed by atoms with E-state index in [4.69, 9.17) is 4.74 Å². The van der Waals surface area contributed by atoms with Crippen molar-refractivity contribution in [2.75, 3.05) is 0 Å². The lowest BCUT2D eigenvalue weighted by Gasteiger charge is -2.15. The standard InChI is InChI=1S/C25H17N3O5/c1-16-9-12-20(28(31)32)23-21(16)24(33-15-18-6-3-2-4-7-18)19(22(27-23)25(29)30)11-10-17-8-5-13-26-14-17/h2-9,12-14H,15H2,1H3,(H,29,30). The summed E-state index contributed by atoms with van der Waals surface area (Å²) in [6, 6.07) is 15.6. The summed E-state index contributed by atoms with van der Waals surface area (Å²) in [4.78, 5) is 31.3. The number of non-ortho nitro benzene ring substituents is 1. The summed E-state index contributed by atoms with van der Waals surface area (Å²) in [5, 5.41) is 21.8. The van der Waals surface area contributed by atoms with Crippen LogP contribution in [0.2, 0.25) is 0 Å². The van der Waals surface area contributed by atoms with Gasteiger partial charge < -0.3 is 9.84 Å². The third-order valence-corrected chi connectivity index (χ3v) is 4.90. The largest absolute Gasteiger partial charge is 0.487 e. The van der Waals surface area contributed by atoms with Crippen LogP contribution in [-0.2, 0) is 6.61 Å². The first-order chi connectivity index (χ1) is 16.0. The van der Waals surface area contributed by atoms with Gasteiger partial charge in [-0.25, -0.2) is 9.78 Å². The quantitative estimate of drug-likeness (QED) is 0.276. The maximum absolute atomic E-state index is 12.1. The Labute approximate surface area is 188 Å². The van der Waals surface area contributed by atoms with E-state index in [1.165, 1.54) is 6.07 Å². The highest BCUT2D eigenvalue weighted by molar-refractivity contribution is 6.01. The number of carboxylic acid groups (broad SMARTS) is 1. The predicted molar refractivity (Wildman–Crippen MR) is 121 cm³/mol. The SMILES string of the molecule is Cc1ccc([N+](=O)[O-])c2nc(C(=O)O)c(C#Cc3cccnc3)c(OCc3ccccc3)c12. The number of hydrogen-bond acceptors (Lipinski definition) is 6. The van der Waals surface area contributed by atoms with Gasteiger partial charge in [-0.1, -0.05) is 48.2 Å². The van der Waals surface area contributed by atoms with Gasteiger partial charge in [0, 0.05) is 24.0 Å². The number of aryl methyl sites for hydroxylation is 1. The van der Waals surface area contributed by atoms with Crippen LogP contribution >= 0.6 is 0 Å². The molecule has 0 saturated carbocycles. The van der Waals surface area contributed by atoms with Crippen molar-refractivity contribution in [3.05, 3.63) is 105 Å². The molecule has 33 heavy (non-hydrogen) atoms. The molecule has 1 N–H and O–H groups in total. The lowest BCUT2D eigenvalue weighted by atomic mass is 10.0. The van der Waals surface area contributed by atoms with Crippen LogP contribution in [0.25, 0.3) is 10.9 Å². The number of ether oxygens (including phenoxy) is 1. The maximum atomic E-state index is 12.1. The summed E-state index contributed by atoms with van der Waals surface area (Å²) >= 11 is 0. The minimum Gasteiger partial charge on any atom is -0.487 e. The second-order valence-corrected chi connectivity index (χ2v) is 7.12. The molecule has 0 bridgehead atoms. The Morgan fingerprint density at radius 3 is 2.58 bits per heavy atom. The van der Waals surface area contributed by atoms with Crippen LogP contribution in [0.1, 0.15) is 32.7 Å². The summed E-state index contributed by atoms with van der Waals surface area (Å²) in [6.07, 6.45) is 3.14. The molecule has 0 unspecified atom stereocenters. The average Bonchev–Trinajstić information content (AvgIpc) is 2.82. The van der Waals surface area contributed by atoms with Crippen LogP contribution < -0.4 is 4.74 Å². The van der Waals surface area contributed by atoms with Crippen molar-refractivity contribution in [2.45, 2.75) is 13.5 Å². The smallest absolute Gasteiger partial charge is 0.355 e. The lowest BCUT2D eigenvalue weighted by Crippen LogP contribution is -2.09. The number of hydrogen-bond donors (Lipinski definition) is 1. The molecule has 0 aliphatic carbocycles. The minimum atomic E-state index is -1.37. The molecule has 2 heterocycles. The zero-order valence-electron chi connectivity index (χ0n) is 17.5. The number of benzene rings is 2. The van der Waals surface area contributed by atoms with Crippen molar-refractivity contribution in [3.8, 4) is 17.6 Å². The third-order valence-electron chi connectivity index (χ3n) is 4.90. The number of fused-ring (bicyclic) bond motifs is 1. The van der Waals surface area contributed by atoms with E-state index in [1.54, 1.807) is 37.5 Å². The molecule has 0 aliphatic rings. The van der Waals surface area contributed by atoms with Crippen LogP contribution in [0.5, 0.6) is 5.75 Å². The average molecular weight is 439 g/mol. The van der Waals surface area contributed by atoms with Gasteiger partial charge in [0.15, 0.2) is 11.2 Å². The molecule has 0 aliphatic heterocycles. The van der Waals surface area contributed by atoms with E-state index in [0.717, 1.165) is 5.56 Å². The number of nitrogens with zero attached hydrogens (tertiary/aromatic N) is 3. The molecule has 162 valence electrons. The molecule has 0 radical (unpaired) electrons. The van der Waals surface area contributed by atoms with E-state index in [0.29, 0.717) is 16.5 Å². The molecule has 2 aromatic carbocycles. The molecule has 0 spiro atoms. The number of carboxylic acids is 1. The zero-order valence-corrected chi connectivity index (χ0v) is 17.5. The molecule has 8 nitrogen and oxygen atoms in total. The van der Waals surface area contributed by atoms with Crippen LogP contribution in [0.3, 0.4) is 0 Å². The predicted octanol–water partition coefficient (Wildman–Crippen LogP) is 4.52. The Hall–Kier alpha value is -4.77. The van der Waals surface area contributed by atoms with Crippen molar-refractivity contribution < 1.29 is 19.6 Å². The molecule has 8 heteroatoms. The van der Waals surface area contributed by atoms with Crippen LogP contribution in [-0.4, -0.2) is 26.0 Å². The van der Waals surface area contributed by atoms with Gasteiger partial charge in [-0.05, 0) is 30.2 Å².